The molecule has 3 unspecified atom stereocenters. The van der Waals surface area contributed by atoms with Gasteiger partial charge in [-0.2, -0.15) is 0 Å². The van der Waals surface area contributed by atoms with E-state index in [0.717, 1.165) is 0 Å². The summed E-state index contributed by atoms with van der Waals surface area (Å²) in [4.78, 5) is 2.69. The van der Waals surface area contributed by atoms with Crippen molar-refractivity contribution in [2.45, 2.75) is 52.0 Å². The molecule has 3 atom stereocenters. The van der Waals surface area contributed by atoms with Crippen LogP contribution in [0.2, 0.25) is 0 Å². The third-order valence-electron chi connectivity index (χ3n) is 6.33. The van der Waals surface area contributed by atoms with Gasteiger partial charge < -0.3 is 4.90 Å². The summed E-state index contributed by atoms with van der Waals surface area (Å²) < 4.78 is 0. The number of anilines is 1. The topological polar surface area (TPSA) is 3.24 Å². The van der Waals surface area contributed by atoms with Crippen molar-refractivity contribution in [1.29, 1.82) is 0 Å². The van der Waals surface area contributed by atoms with Crippen molar-refractivity contribution < 1.29 is 0 Å². The quantitative estimate of drug-likeness (QED) is 0.669. The molecule has 0 spiro atoms. The van der Waals surface area contributed by atoms with Gasteiger partial charge in [-0.25, -0.2) is 0 Å². The van der Waals surface area contributed by atoms with Gasteiger partial charge in [-0.1, -0.05) is 43.4 Å². The molecule has 1 fully saturated rings. The molecule has 1 aromatic carbocycles. The molecule has 4 rings (SSSR count). The fourth-order valence-corrected chi connectivity index (χ4v) is 4.75. The van der Waals surface area contributed by atoms with E-state index in [1.54, 1.807) is 11.3 Å². The largest absolute Gasteiger partial charge is 0.339 e. The summed E-state index contributed by atoms with van der Waals surface area (Å²) in [6.45, 7) is 7.04. The van der Waals surface area contributed by atoms with E-state index in [-0.39, 0.29) is 5.54 Å². The first-order chi connectivity index (χ1) is 11.1. The maximum Gasteiger partial charge on any atom is 0.0443 e. The van der Waals surface area contributed by atoms with Gasteiger partial charge in [-0.3, -0.25) is 0 Å². The van der Waals surface area contributed by atoms with E-state index in [4.69, 9.17) is 0 Å². The Balaban J connectivity index is 1.85. The van der Waals surface area contributed by atoms with E-state index in [9.17, 15) is 0 Å². The van der Waals surface area contributed by atoms with Crippen molar-refractivity contribution in [2.75, 3.05) is 4.90 Å². The molecule has 23 heavy (non-hydrogen) atoms. The maximum atomic E-state index is 2.69. The van der Waals surface area contributed by atoms with Gasteiger partial charge in [0.05, 0.1) is 0 Å². The SMILES string of the molecule is CCC1(C)CCC2C(=CC3=CC=CCC32)N1c1ccccc1C. The summed E-state index contributed by atoms with van der Waals surface area (Å²) >= 11 is 0. The minimum atomic E-state index is 0.232. The van der Waals surface area contributed by atoms with Crippen molar-refractivity contribution in [3.8, 4) is 0 Å². The highest BCUT2D eigenvalue weighted by Crippen LogP contribution is 2.52. The number of aryl methyl sites for hydroxylation is 1. The summed E-state index contributed by atoms with van der Waals surface area (Å²) in [5.74, 6) is 1.41. The Kier molecular flexibility index (Phi) is 3.48. The molecule has 0 N–H and O–H groups in total. The summed E-state index contributed by atoms with van der Waals surface area (Å²) in [6, 6.07) is 8.89. The summed E-state index contributed by atoms with van der Waals surface area (Å²) in [6.07, 6.45) is 14.4. The summed E-state index contributed by atoms with van der Waals surface area (Å²) in [7, 11) is 0. The van der Waals surface area contributed by atoms with Crippen LogP contribution in [0, 0.1) is 18.8 Å². The van der Waals surface area contributed by atoms with E-state index < -0.39 is 0 Å². The van der Waals surface area contributed by atoms with Crippen molar-refractivity contribution in [1.82, 2.24) is 0 Å². The zero-order chi connectivity index (χ0) is 16.0. The first-order valence-electron chi connectivity index (χ1n) is 9.08. The first kappa shape index (κ1) is 14.8. The molecular formula is C22H27N. The fraction of sp³-hybridized carbons (Fsp3) is 0.455. The molecule has 1 aromatic rings. The van der Waals surface area contributed by atoms with Crippen LogP contribution in [0.15, 0.2) is 59.8 Å². The second-order valence-corrected chi connectivity index (χ2v) is 7.62. The molecule has 0 radical (unpaired) electrons. The molecule has 2 aliphatic carbocycles. The third kappa shape index (κ3) is 2.21. The molecule has 0 saturated carbocycles. The van der Waals surface area contributed by atoms with E-state index in [0.29, 0.717) is 11.8 Å². The second kappa shape index (κ2) is 5.40. The van der Waals surface area contributed by atoms with Crippen molar-refractivity contribution in [2.24, 2.45) is 11.8 Å². The number of hydrogen-bond donors (Lipinski definition) is 0. The Labute approximate surface area is 140 Å². The number of rotatable bonds is 2. The van der Waals surface area contributed by atoms with Gasteiger partial charge in [0.25, 0.3) is 0 Å². The second-order valence-electron chi connectivity index (χ2n) is 7.62. The molecule has 1 heterocycles. The molecule has 1 heteroatoms. The molecule has 1 saturated heterocycles. The zero-order valence-corrected chi connectivity index (χ0v) is 14.5. The van der Waals surface area contributed by atoms with Crippen LogP contribution >= 0.6 is 0 Å². The van der Waals surface area contributed by atoms with Crippen molar-refractivity contribution in [3.63, 3.8) is 0 Å². The fourth-order valence-electron chi connectivity index (χ4n) is 4.75. The Morgan fingerprint density at radius 1 is 1.22 bits per heavy atom. The molecule has 0 aromatic heterocycles. The van der Waals surface area contributed by atoms with Crippen LogP contribution in [-0.2, 0) is 0 Å². The van der Waals surface area contributed by atoms with Crippen LogP contribution in [0.5, 0.6) is 0 Å². The number of nitrogens with zero attached hydrogens (tertiary/aromatic N) is 1. The Hall–Kier alpha value is -1.76. The number of fused-ring (bicyclic) bond motifs is 3. The highest BCUT2D eigenvalue weighted by atomic mass is 15.2. The van der Waals surface area contributed by atoms with Crippen molar-refractivity contribution >= 4 is 5.69 Å². The van der Waals surface area contributed by atoms with E-state index in [1.165, 1.54) is 36.9 Å². The van der Waals surface area contributed by atoms with E-state index in [2.05, 4.69) is 74.2 Å². The molecule has 0 amide bonds. The van der Waals surface area contributed by atoms with E-state index in [1.807, 2.05) is 0 Å². The summed E-state index contributed by atoms with van der Waals surface area (Å²) in [5.41, 5.74) is 6.13. The molecule has 0 bridgehead atoms. The van der Waals surface area contributed by atoms with Crippen LogP contribution < -0.4 is 4.90 Å². The summed E-state index contributed by atoms with van der Waals surface area (Å²) in [5, 5.41) is 0. The predicted octanol–water partition coefficient (Wildman–Crippen LogP) is 5.78. The maximum absolute atomic E-state index is 2.69. The highest BCUT2D eigenvalue weighted by molar-refractivity contribution is 5.63. The van der Waals surface area contributed by atoms with Crippen LogP contribution in [0.3, 0.4) is 0 Å². The number of allylic oxidation sites excluding steroid dienone is 6. The molecule has 3 aliphatic rings. The lowest BCUT2D eigenvalue weighted by atomic mass is 9.75. The molecule has 1 aliphatic heterocycles. The number of piperidine rings is 1. The molecule has 1 nitrogen and oxygen atoms in total. The van der Waals surface area contributed by atoms with Gasteiger partial charge >= 0.3 is 0 Å². The average Bonchev–Trinajstić information content (AvgIpc) is 2.94. The van der Waals surface area contributed by atoms with Gasteiger partial charge in [0.1, 0.15) is 0 Å². The Bertz CT molecular complexity index is 708. The van der Waals surface area contributed by atoms with Crippen LogP contribution in [0.25, 0.3) is 0 Å². The number of benzene rings is 1. The monoisotopic (exact) mass is 305 g/mol. The minimum absolute atomic E-state index is 0.232. The standard InChI is InChI=1S/C22H27N/c1-4-22(3)14-13-19-18-11-7-6-10-17(18)15-21(19)23(22)20-12-8-5-9-16(20)2/h5-10,12,15,18-19H,4,11,13-14H2,1-3H3. The van der Waals surface area contributed by atoms with Gasteiger partial charge in [0.15, 0.2) is 0 Å². The van der Waals surface area contributed by atoms with Crippen molar-refractivity contribution in [3.05, 3.63) is 65.4 Å². The van der Waals surface area contributed by atoms with Crippen LogP contribution in [-0.4, -0.2) is 5.54 Å². The molecular weight excluding hydrogens is 278 g/mol. The highest BCUT2D eigenvalue weighted by Gasteiger charge is 2.46. The van der Waals surface area contributed by atoms with Gasteiger partial charge in [-0.15, -0.1) is 0 Å². The number of para-hydroxylation sites is 1. The zero-order valence-electron chi connectivity index (χ0n) is 14.5. The first-order valence-corrected chi connectivity index (χ1v) is 9.08. The normalized spacial score (nSPS) is 32.2. The smallest absolute Gasteiger partial charge is 0.0443 e. The lowest BCUT2D eigenvalue weighted by Crippen LogP contribution is -2.51. The lowest BCUT2D eigenvalue weighted by Gasteiger charge is -2.50. The molecule has 120 valence electrons. The predicted molar refractivity (Wildman–Crippen MR) is 98.5 cm³/mol. The van der Waals surface area contributed by atoms with E-state index >= 15 is 0 Å². The third-order valence-corrected chi connectivity index (χ3v) is 6.33. The van der Waals surface area contributed by atoms with Gasteiger partial charge in [-0.05, 0) is 68.7 Å². The Morgan fingerprint density at radius 2 is 2.04 bits per heavy atom. The Morgan fingerprint density at radius 3 is 2.83 bits per heavy atom. The van der Waals surface area contributed by atoms with Gasteiger partial charge in [0, 0.05) is 22.8 Å². The van der Waals surface area contributed by atoms with Gasteiger partial charge in [0.2, 0.25) is 0 Å². The van der Waals surface area contributed by atoms with Crippen LogP contribution in [0.1, 0.15) is 45.1 Å². The average molecular weight is 305 g/mol. The number of hydrogen-bond acceptors (Lipinski definition) is 1. The van der Waals surface area contributed by atoms with Crippen LogP contribution in [0.4, 0.5) is 5.69 Å². The minimum Gasteiger partial charge on any atom is -0.339 e. The lowest BCUT2D eigenvalue weighted by molar-refractivity contribution is 0.276.